The molecule has 5 nitrogen and oxygen atoms in total. The summed E-state index contributed by atoms with van der Waals surface area (Å²) in [6, 6.07) is 0.584. The lowest BCUT2D eigenvalue weighted by Crippen LogP contribution is -2.31. The molecule has 1 atom stereocenters. The number of aromatic nitrogens is 2. The predicted octanol–water partition coefficient (Wildman–Crippen LogP) is 2.12. The van der Waals surface area contributed by atoms with Gasteiger partial charge in [-0.25, -0.2) is 0 Å². The molecule has 0 bridgehead atoms. The molecule has 0 aromatic carbocycles. The number of hydrogen-bond acceptors (Lipinski definition) is 6. The monoisotopic (exact) mass is 286 g/mol. The smallest absolute Gasteiger partial charge is 0.233 e. The highest BCUT2D eigenvalue weighted by Crippen LogP contribution is 2.31. The van der Waals surface area contributed by atoms with Gasteiger partial charge in [-0.05, 0) is 26.2 Å². The highest BCUT2D eigenvalue weighted by Gasteiger charge is 2.23. The number of carbonyl (C=O) groups excluding carboxylic acids is 1. The first-order valence-corrected chi connectivity index (χ1v) is 7.93. The normalized spacial score (nSPS) is 16.3. The lowest BCUT2D eigenvalue weighted by atomic mass is 10.4. The maximum atomic E-state index is 11.7. The fourth-order valence-electron chi connectivity index (χ4n) is 1.31. The maximum Gasteiger partial charge on any atom is 0.233 e. The van der Waals surface area contributed by atoms with Gasteiger partial charge in [-0.1, -0.05) is 30.0 Å². The van der Waals surface area contributed by atoms with E-state index in [1.54, 1.807) is 0 Å². The number of anilines is 1. The zero-order valence-electron chi connectivity index (χ0n) is 10.6. The van der Waals surface area contributed by atoms with Crippen molar-refractivity contribution in [1.82, 2.24) is 15.5 Å². The van der Waals surface area contributed by atoms with Gasteiger partial charge in [-0.15, -0.1) is 10.2 Å². The molecule has 1 aromatic rings. The first-order chi connectivity index (χ1) is 8.69. The van der Waals surface area contributed by atoms with Gasteiger partial charge in [0.1, 0.15) is 0 Å². The summed E-state index contributed by atoms with van der Waals surface area (Å²) >= 11 is 2.98. The third-order valence-electron chi connectivity index (χ3n) is 2.51. The van der Waals surface area contributed by atoms with E-state index in [0.29, 0.717) is 6.04 Å². The van der Waals surface area contributed by atoms with Gasteiger partial charge in [0.05, 0.1) is 5.25 Å². The van der Waals surface area contributed by atoms with Crippen molar-refractivity contribution in [2.24, 2.45) is 0 Å². The molecule has 2 N–H and O–H groups in total. The minimum Gasteiger partial charge on any atom is -0.357 e. The Labute approximate surface area is 115 Å². The van der Waals surface area contributed by atoms with Crippen LogP contribution in [0.3, 0.4) is 0 Å². The summed E-state index contributed by atoms with van der Waals surface area (Å²) in [6.07, 6.45) is 3.40. The zero-order valence-corrected chi connectivity index (χ0v) is 12.2. The molecule has 0 radical (unpaired) electrons. The first-order valence-electron chi connectivity index (χ1n) is 6.23. The van der Waals surface area contributed by atoms with Crippen LogP contribution < -0.4 is 10.6 Å². The number of carbonyl (C=O) groups is 1. The van der Waals surface area contributed by atoms with Crippen molar-refractivity contribution in [3.8, 4) is 0 Å². The minimum absolute atomic E-state index is 0.0637. The average Bonchev–Trinajstić information content (AvgIpc) is 3.06. The van der Waals surface area contributed by atoms with E-state index in [2.05, 4.69) is 20.8 Å². The first kappa shape index (κ1) is 13.6. The third kappa shape index (κ3) is 4.13. The number of nitrogens with zero attached hydrogens (tertiary/aromatic N) is 2. The van der Waals surface area contributed by atoms with Gasteiger partial charge >= 0.3 is 0 Å². The van der Waals surface area contributed by atoms with Crippen molar-refractivity contribution in [2.75, 3.05) is 11.9 Å². The minimum atomic E-state index is -0.127. The van der Waals surface area contributed by atoms with Gasteiger partial charge in [0, 0.05) is 12.6 Å². The molecule has 1 heterocycles. The Balaban J connectivity index is 1.80. The average molecular weight is 286 g/mol. The summed E-state index contributed by atoms with van der Waals surface area (Å²) in [7, 11) is 0. The second-order valence-corrected chi connectivity index (χ2v) is 6.91. The van der Waals surface area contributed by atoms with Gasteiger partial charge in [0.15, 0.2) is 4.34 Å². The molecule has 1 aromatic heterocycles. The van der Waals surface area contributed by atoms with Gasteiger partial charge in [-0.2, -0.15) is 0 Å². The SMILES string of the molecule is CCCNC(=O)[C@H](C)Sc1nnc(NC2CC2)s1. The molecular formula is C11H18N4OS2. The predicted molar refractivity (Wildman–Crippen MR) is 75.2 cm³/mol. The molecule has 0 aliphatic heterocycles. The summed E-state index contributed by atoms with van der Waals surface area (Å²) in [6.45, 7) is 4.66. The van der Waals surface area contributed by atoms with Gasteiger partial charge in [0.2, 0.25) is 11.0 Å². The molecule has 2 rings (SSSR count). The highest BCUT2D eigenvalue weighted by atomic mass is 32.2. The van der Waals surface area contributed by atoms with Crippen LogP contribution in [0.15, 0.2) is 4.34 Å². The molecule has 7 heteroatoms. The van der Waals surface area contributed by atoms with Crippen molar-refractivity contribution >= 4 is 34.1 Å². The summed E-state index contributed by atoms with van der Waals surface area (Å²) in [5.74, 6) is 0.0637. The van der Waals surface area contributed by atoms with Crippen LogP contribution >= 0.6 is 23.1 Å². The van der Waals surface area contributed by atoms with E-state index in [9.17, 15) is 4.79 Å². The fourth-order valence-corrected chi connectivity index (χ4v) is 3.31. The fraction of sp³-hybridized carbons (Fsp3) is 0.727. The number of amides is 1. The van der Waals surface area contributed by atoms with E-state index >= 15 is 0 Å². The molecule has 1 aliphatic carbocycles. The molecule has 1 aliphatic rings. The van der Waals surface area contributed by atoms with Crippen LogP contribution in [0.1, 0.15) is 33.1 Å². The Morgan fingerprint density at radius 1 is 1.56 bits per heavy atom. The van der Waals surface area contributed by atoms with Gasteiger partial charge in [0.25, 0.3) is 0 Å². The topological polar surface area (TPSA) is 66.9 Å². The molecule has 1 saturated carbocycles. The van der Waals surface area contributed by atoms with Crippen LogP contribution in [-0.4, -0.2) is 33.9 Å². The highest BCUT2D eigenvalue weighted by molar-refractivity contribution is 8.02. The van der Waals surface area contributed by atoms with Crippen LogP contribution in [0, 0.1) is 0 Å². The molecule has 0 spiro atoms. The summed E-state index contributed by atoms with van der Waals surface area (Å²) in [4.78, 5) is 11.7. The van der Waals surface area contributed by atoms with E-state index in [1.807, 2.05) is 13.8 Å². The quantitative estimate of drug-likeness (QED) is 0.752. The number of nitrogens with one attached hydrogen (secondary N) is 2. The van der Waals surface area contributed by atoms with Crippen LogP contribution in [-0.2, 0) is 4.79 Å². The molecule has 0 unspecified atom stereocenters. The Hall–Kier alpha value is -0.820. The van der Waals surface area contributed by atoms with Crippen molar-refractivity contribution in [3.63, 3.8) is 0 Å². The van der Waals surface area contributed by atoms with Crippen molar-refractivity contribution < 1.29 is 4.79 Å². The second kappa shape index (κ2) is 6.38. The van der Waals surface area contributed by atoms with Crippen molar-refractivity contribution in [3.05, 3.63) is 0 Å². The standard InChI is InChI=1S/C11H18N4OS2/c1-3-6-12-9(16)7(2)17-11-15-14-10(18-11)13-8-4-5-8/h7-8H,3-6H2,1-2H3,(H,12,16)(H,13,14)/t7-/m0/s1. The summed E-state index contributed by atoms with van der Waals surface area (Å²) in [5, 5.41) is 15.1. The molecule has 1 amide bonds. The third-order valence-corrected chi connectivity index (χ3v) is 4.55. The Morgan fingerprint density at radius 2 is 2.33 bits per heavy atom. The molecule has 100 valence electrons. The Morgan fingerprint density at radius 3 is 3.00 bits per heavy atom. The van der Waals surface area contributed by atoms with E-state index in [4.69, 9.17) is 0 Å². The van der Waals surface area contributed by atoms with Gasteiger partial charge in [-0.3, -0.25) is 4.79 Å². The van der Waals surface area contributed by atoms with E-state index in [0.717, 1.165) is 22.4 Å². The van der Waals surface area contributed by atoms with E-state index in [1.165, 1.54) is 35.9 Å². The van der Waals surface area contributed by atoms with E-state index < -0.39 is 0 Å². The summed E-state index contributed by atoms with van der Waals surface area (Å²) in [5.41, 5.74) is 0. The number of thioether (sulfide) groups is 1. The van der Waals surface area contributed by atoms with Gasteiger partial charge < -0.3 is 10.6 Å². The second-order valence-electron chi connectivity index (χ2n) is 4.34. The lowest BCUT2D eigenvalue weighted by Gasteiger charge is -2.08. The largest absolute Gasteiger partial charge is 0.357 e. The van der Waals surface area contributed by atoms with Crippen molar-refractivity contribution in [2.45, 2.75) is 48.7 Å². The number of rotatable bonds is 7. The van der Waals surface area contributed by atoms with E-state index in [-0.39, 0.29) is 11.2 Å². The van der Waals surface area contributed by atoms with Crippen LogP contribution in [0.5, 0.6) is 0 Å². The zero-order chi connectivity index (χ0) is 13.0. The molecular weight excluding hydrogens is 268 g/mol. The molecule has 0 saturated heterocycles. The lowest BCUT2D eigenvalue weighted by molar-refractivity contribution is -0.120. The molecule has 18 heavy (non-hydrogen) atoms. The Bertz CT molecular complexity index is 406. The van der Waals surface area contributed by atoms with Crippen molar-refractivity contribution in [1.29, 1.82) is 0 Å². The maximum absolute atomic E-state index is 11.7. The number of hydrogen-bond donors (Lipinski definition) is 2. The van der Waals surface area contributed by atoms with Crippen LogP contribution in [0.2, 0.25) is 0 Å². The molecule has 1 fully saturated rings. The van der Waals surface area contributed by atoms with Crippen LogP contribution in [0.4, 0.5) is 5.13 Å². The summed E-state index contributed by atoms with van der Waals surface area (Å²) < 4.78 is 0.845. The Kier molecular flexibility index (Phi) is 4.82. The van der Waals surface area contributed by atoms with Crippen LogP contribution in [0.25, 0.3) is 0 Å².